The third-order valence-electron chi connectivity index (χ3n) is 5.70. The van der Waals surface area contributed by atoms with Crippen molar-refractivity contribution in [2.24, 2.45) is 0 Å². The average molecular weight is 644 g/mol. The van der Waals surface area contributed by atoms with E-state index in [1.54, 1.807) is 38.4 Å². The van der Waals surface area contributed by atoms with Crippen molar-refractivity contribution in [3.05, 3.63) is 23.5 Å². The summed E-state index contributed by atoms with van der Waals surface area (Å²) in [5.41, 5.74) is 0.447. The normalized spacial score (nSPS) is 13.8. The molecule has 252 valence electrons. The highest BCUT2D eigenvalue weighted by Crippen LogP contribution is 2.26. The van der Waals surface area contributed by atoms with Crippen molar-refractivity contribution in [1.29, 1.82) is 0 Å². The molecular formula is C29H53N7O7S. The van der Waals surface area contributed by atoms with E-state index in [0.29, 0.717) is 11.5 Å². The first-order valence-electron chi connectivity index (χ1n) is 14.5. The summed E-state index contributed by atoms with van der Waals surface area (Å²) in [5, 5.41) is 14.0. The summed E-state index contributed by atoms with van der Waals surface area (Å²) in [4.78, 5) is 25.7. The Morgan fingerprint density at radius 2 is 1.14 bits per heavy atom. The SMILES string of the molecule is CC(OS(C)(=O)=O)c1cc(NC(=O)OC(C)(C)C)nn1C(C)C.CC(c1cc(NC(=O)OC(C)(C)C)nn1C(C)C)N(C)C. The lowest BCUT2D eigenvalue weighted by atomic mass is 10.2. The molecule has 2 aromatic rings. The van der Waals surface area contributed by atoms with Crippen LogP contribution >= 0.6 is 0 Å². The van der Waals surface area contributed by atoms with Crippen LogP contribution in [0.3, 0.4) is 0 Å². The number of carbonyl (C=O) groups is 2. The highest BCUT2D eigenvalue weighted by atomic mass is 32.2. The molecule has 0 aliphatic heterocycles. The second-order valence-corrected chi connectivity index (χ2v) is 14.9. The molecule has 14 nitrogen and oxygen atoms in total. The molecule has 0 aliphatic carbocycles. The predicted octanol–water partition coefficient (Wildman–Crippen LogP) is 6.28. The monoisotopic (exact) mass is 643 g/mol. The Morgan fingerprint density at radius 3 is 1.45 bits per heavy atom. The number of hydrogen-bond acceptors (Lipinski definition) is 10. The van der Waals surface area contributed by atoms with E-state index in [2.05, 4.69) is 46.5 Å². The first-order valence-corrected chi connectivity index (χ1v) is 16.3. The second-order valence-electron chi connectivity index (χ2n) is 13.3. The van der Waals surface area contributed by atoms with Crippen molar-refractivity contribution in [3.8, 4) is 0 Å². The Kier molecular flexibility index (Phi) is 13.4. The number of carbonyl (C=O) groups excluding carboxylic acids is 2. The van der Waals surface area contributed by atoms with Gasteiger partial charge in [-0.2, -0.15) is 18.6 Å². The number of anilines is 2. The molecule has 0 aromatic carbocycles. The maximum absolute atomic E-state index is 11.8. The first kappa shape index (κ1) is 38.9. The number of ether oxygens (including phenoxy) is 2. The summed E-state index contributed by atoms with van der Waals surface area (Å²) in [5.74, 6) is 0.786. The van der Waals surface area contributed by atoms with Gasteiger partial charge in [-0.25, -0.2) is 9.59 Å². The van der Waals surface area contributed by atoms with Gasteiger partial charge in [0.05, 0.1) is 17.6 Å². The van der Waals surface area contributed by atoms with Gasteiger partial charge in [0, 0.05) is 30.3 Å². The molecule has 0 saturated carbocycles. The van der Waals surface area contributed by atoms with Crippen molar-refractivity contribution in [3.63, 3.8) is 0 Å². The fourth-order valence-electron chi connectivity index (χ4n) is 3.78. The molecule has 0 aliphatic rings. The van der Waals surface area contributed by atoms with Crippen molar-refractivity contribution in [2.75, 3.05) is 31.0 Å². The lowest BCUT2D eigenvalue weighted by molar-refractivity contribution is 0.0623. The number of hydrogen-bond donors (Lipinski definition) is 2. The van der Waals surface area contributed by atoms with Crippen LogP contribution in [0.4, 0.5) is 21.2 Å². The molecule has 2 heterocycles. The number of amides is 2. The number of rotatable bonds is 9. The highest BCUT2D eigenvalue weighted by molar-refractivity contribution is 7.86. The molecule has 2 N–H and O–H groups in total. The van der Waals surface area contributed by atoms with E-state index >= 15 is 0 Å². The Hall–Kier alpha value is -3.17. The maximum atomic E-state index is 11.8. The molecule has 2 unspecified atom stereocenters. The molecule has 15 heteroatoms. The van der Waals surface area contributed by atoms with Gasteiger partial charge in [-0.3, -0.25) is 24.2 Å². The molecule has 44 heavy (non-hydrogen) atoms. The summed E-state index contributed by atoms with van der Waals surface area (Å²) in [6.07, 6.45) is -0.859. The van der Waals surface area contributed by atoms with Gasteiger partial charge < -0.3 is 14.4 Å². The van der Waals surface area contributed by atoms with E-state index in [4.69, 9.17) is 13.7 Å². The van der Waals surface area contributed by atoms with Gasteiger partial charge in [-0.1, -0.05) is 0 Å². The minimum Gasteiger partial charge on any atom is -0.444 e. The van der Waals surface area contributed by atoms with Crippen LogP contribution in [-0.2, 0) is 23.8 Å². The minimum absolute atomic E-state index is 0.0372. The predicted molar refractivity (Wildman–Crippen MR) is 171 cm³/mol. The average Bonchev–Trinajstić information content (AvgIpc) is 3.40. The third kappa shape index (κ3) is 13.6. The number of nitrogens with zero attached hydrogens (tertiary/aromatic N) is 5. The molecule has 0 radical (unpaired) electrons. The van der Waals surface area contributed by atoms with E-state index in [1.165, 1.54) is 0 Å². The van der Waals surface area contributed by atoms with Crippen LogP contribution in [-0.4, -0.2) is 76.6 Å². The van der Waals surface area contributed by atoms with Gasteiger partial charge in [0.2, 0.25) is 0 Å². The lowest BCUT2D eigenvalue weighted by Crippen LogP contribution is -2.27. The minimum atomic E-state index is -3.60. The maximum Gasteiger partial charge on any atom is 0.413 e. The summed E-state index contributed by atoms with van der Waals surface area (Å²) < 4.78 is 41.5. The highest BCUT2D eigenvalue weighted by Gasteiger charge is 2.24. The summed E-state index contributed by atoms with van der Waals surface area (Å²) >= 11 is 0. The van der Waals surface area contributed by atoms with Crippen molar-refractivity contribution in [2.45, 2.75) is 119 Å². The van der Waals surface area contributed by atoms with Gasteiger partial charge in [-0.05, 0) is 97.2 Å². The van der Waals surface area contributed by atoms with E-state index < -0.39 is 39.6 Å². The molecule has 2 aromatic heterocycles. The topological polar surface area (TPSA) is 159 Å². The Morgan fingerprint density at radius 1 is 0.773 bits per heavy atom. The van der Waals surface area contributed by atoms with Crippen molar-refractivity contribution >= 4 is 33.9 Å². The lowest BCUT2D eigenvalue weighted by Gasteiger charge is -2.22. The number of nitrogens with one attached hydrogen (secondary N) is 2. The Balaban J connectivity index is 0.000000442. The molecule has 0 fully saturated rings. The van der Waals surface area contributed by atoms with Crippen LogP contribution in [0, 0.1) is 0 Å². The smallest absolute Gasteiger partial charge is 0.413 e. The van der Waals surface area contributed by atoms with Crippen LogP contribution in [0.2, 0.25) is 0 Å². The van der Waals surface area contributed by atoms with Crippen LogP contribution in [0.25, 0.3) is 0 Å². The number of aromatic nitrogens is 4. The fourth-order valence-corrected chi connectivity index (χ4v) is 4.40. The van der Waals surface area contributed by atoms with Gasteiger partial charge >= 0.3 is 12.2 Å². The summed E-state index contributed by atoms with van der Waals surface area (Å²) in [7, 11) is 0.429. The van der Waals surface area contributed by atoms with Gasteiger partial charge in [0.25, 0.3) is 10.1 Å². The van der Waals surface area contributed by atoms with E-state index in [0.717, 1.165) is 11.9 Å². The molecular weight excluding hydrogens is 590 g/mol. The van der Waals surface area contributed by atoms with Crippen molar-refractivity contribution < 1.29 is 31.7 Å². The Bertz CT molecular complexity index is 1350. The largest absolute Gasteiger partial charge is 0.444 e. The Labute approximate surface area is 262 Å². The zero-order chi connectivity index (χ0) is 34.4. The molecule has 0 saturated heterocycles. The molecule has 2 rings (SSSR count). The summed E-state index contributed by atoms with van der Waals surface area (Å²) in [6, 6.07) is 3.85. The first-order chi connectivity index (χ1) is 19.8. The van der Waals surface area contributed by atoms with E-state index in [1.807, 2.05) is 59.5 Å². The van der Waals surface area contributed by atoms with Crippen LogP contribution in [0.15, 0.2) is 12.1 Å². The van der Waals surface area contributed by atoms with Crippen molar-refractivity contribution in [1.82, 2.24) is 24.5 Å². The molecule has 2 atom stereocenters. The zero-order valence-corrected chi connectivity index (χ0v) is 29.8. The van der Waals surface area contributed by atoms with Crippen LogP contribution in [0.1, 0.15) is 119 Å². The van der Waals surface area contributed by atoms with Crippen LogP contribution in [0.5, 0.6) is 0 Å². The van der Waals surface area contributed by atoms with Gasteiger partial charge in [0.1, 0.15) is 17.3 Å². The summed E-state index contributed by atoms with van der Waals surface area (Å²) in [6.45, 7) is 22.4. The molecule has 0 spiro atoms. The van der Waals surface area contributed by atoms with E-state index in [9.17, 15) is 18.0 Å². The van der Waals surface area contributed by atoms with Crippen LogP contribution < -0.4 is 10.6 Å². The van der Waals surface area contributed by atoms with Gasteiger partial charge in [-0.15, -0.1) is 0 Å². The van der Waals surface area contributed by atoms with Gasteiger partial charge in [0.15, 0.2) is 11.6 Å². The standard InChI is InChI=1S/C15H28N4O2.C14H25N3O5S/c1-10(2)19-12(11(3)18(7)8)9-13(17-19)16-14(20)21-15(4,5)6;1-9(2)17-11(10(3)22-23(7,19)20)8-12(16-17)15-13(18)21-14(4,5)6/h9-11H,1-8H3,(H,16,17,20);8-10H,1-7H3,(H,15,16,18). The quantitative estimate of drug-likeness (QED) is 0.298. The fraction of sp³-hybridized carbons (Fsp3) is 0.724. The second kappa shape index (κ2) is 15.2. The molecule has 0 bridgehead atoms. The zero-order valence-electron chi connectivity index (χ0n) is 29.0. The van der Waals surface area contributed by atoms with E-state index in [-0.39, 0.29) is 23.9 Å². The third-order valence-corrected chi connectivity index (χ3v) is 6.34. The molecule has 2 amide bonds.